The number of anilines is 2. The largest absolute Gasteiger partial charge is 0.493 e. The Labute approximate surface area is 129 Å². The molecule has 8 nitrogen and oxygen atoms in total. The zero-order valence-electron chi connectivity index (χ0n) is 13.0. The minimum atomic E-state index is 0.140. The number of nitrogens with one attached hydrogen (secondary N) is 1. The molecule has 1 atom stereocenters. The molecule has 0 saturated heterocycles. The van der Waals surface area contributed by atoms with E-state index in [2.05, 4.69) is 15.0 Å². The van der Waals surface area contributed by atoms with Crippen LogP contribution in [0.1, 0.15) is 11.4 Å². The number of benzene rings is 1. The Kier molecular flexibility index (Phi) is 4.95. The third-order valence-electron chi connectivity index (χ3n) is 3.13. The highest BCUT2D eigenvalue weighted by atomic mass is 16.5. The molecule has 0 radical (unpaired) electrons. The number of nitrogen functional groups attached to an aromatic ring is 2. The highest BCUT2D eigenvalue weighted by molar-refractivity contribution is 5.42. The monoisotopic (exact) mass is 305 g/mol. The molecule has 0 aliphatic heterocycles. The maximum absolute atomic E-state index is 5.58. The number of rotatable bonds is 6. The molecule has 1 aromatic carbocycles. The van der Waals surface area contributed by atoms with Crippen LogP contribution in [0.2, 0.25) is 0 Å². The lowest BCUT2D eigenvalue weighted by Crippen LogP contribution is -3.06. The third-order valence-corrected chi connectivity index (χ3v) is 3.13. The number of aromatic nitrogens is 3. The zero-order valence-corrected chi connectivity index (χ0v) is 13.0. The average molecular weight is 305 g/mol. The van der Waals surface area contributed by atoms with Crippen molar-refractivity contribution < 1.29 is 14.4 Å². The number of ether oxygens (including phenoxy) is 2. The van der Waals surface area contributed by atoms with Crippen LogP contribution in [0.4, 0.5) is 11.9 Å². The van der Waals surface area contributed by atoms with Crippen molar-refractivity contribution in [3.63, 3.8) is 0 Å². The Hall–Kier alpha value is -2.61. The molecular formula is C14H21N6O2+. The number of nitrogens with two attached hydrogens (primary N) is 2. The van der Waals surface area contributed by atoms with E-state index in [1.165, 1.54) is 4.90 Å². The summed E-state index contributed by atoms with van der Waals surface area (Å²) in [5.41, 5.74) is 12.3. The second-order valence-corrected chi connectivity index (χ2v) is 4.97. The molecule has 22 heavy (non-hydrogen) atoms. The second-order valence-electron chi connectivity index (χ2n) is 4.97. The van der Waals surface area contributed by atoms with Gasteiger partial charge in [0.15, 0.2) is 17.3 Å². The summed E-state index contributed by atoms with van der Waals surface area (Å²) < 4.78 is 10.5. The van der Waals surface area contributed by atoms with Gasteiger partial charge in [0.1, 0.15) is 13.1 Å². The van der Waals surface area contributed by atoms with Crippen LogP contribution >= 0.6 is 0 Å². The van der Waals surface area contributed by atoms with Crippen LogP contribution in [0.3, 0.4) is 0 Å². The van der Waals surface area contributed by atoms with Crippen molar-refractivity contribution in [2.24, 2.45) is 0 Å². The first kappa shape index (κ1) is 15.8. The van der Waals surface area contributed by atoms with E-state index >= 15 is 0 Å². The van der Waals surface area contributed by atoms with Gasteiger partial charge in [0.05, 0.1) is 21.3 Å². The molecule has 0 fully saturated rings. The van der Waals surface area contributed by atoms with Gasteiger partial charge >= 0.3 is 0 Å². The first-order valence-electron chi connectivity index (χ1n) is 6.80. The van der Waals surface area contributed by atoms with E-state index in [1.807, 2.05) is 25.2 Å². The summed E-state index contributed by atoms with van der Waals surface area (Å²) in [5.74, 6) is 2.27. The summed E-state index contributed by atoms with van der Waals surface area (Å²) in [6.45, 7) is 1.36. The standard InChI is InChI=1S/C14H20N6O2/c1-20(8-12-17-13(15)19-14(16)18-12)7-9-4-5-10(21-2)11(6-9)22-3/h4-6H,7-8H2,1-3H3,(H4,15,16,17,18,19)/p+1. The van der Waals surface area contributed by atoms with E-state index in [0.29, 0.717) is 23.9 Å². The van der Waals surface area contributed by atoms with Gasteiger partial charge in [-0.2, -0.15) is 15.0 Å². The summed E-state index contributed by atoms with van der Waals surface area (Å²) in [5, 5.41) is 0. The normalized spacial score (nSPS) is 12.0. The van der Waals surface area contributed by atoms with E-state index in [0.717, 1.165) is 12.1 Å². The van der Waals surface area contributed by atoms with Gasteiger partial charge in [-0.3, -0.25) is 0 Å². The van der Waals surface area contributed by atoms with Gasteiger partial charge in [0, 0.05) is 5.56 Å². The molecule has 2 aromatic rings. The van der Waals surface area contributed by atoms with Crippen LogP contribution < -0.4 is 25.8 Å². The van der Waals surface area contributed by atoms with Crippen molar-refractivity contribution in [2.45, 2.75) is 13.1 Å². The number of methoxy groups -OCH3 is 2. The smallest absolute Gasteiger partial charge is 0.225 e. The topological polar surface area (TPSA) is 114 Å². The quantitative estimate of drug-likeness (QED) is 0.644. The summed E-state index contributed by atoms with van der Waals surface area (Å²) in [7, 11) is 5.27. The molecule has 8 heteroatoms. The number of quaternary nitrogens is 1. The lowest BCUT2D eigenvalue weighted by Gasteiger charge is -2.15. The Morgan fingerprint density at radius 2 is 1.59 bits per heavy atom. The van der Waals surface area contributed by atoms with Crippen molar-refractivity contribution in [2.75, 3.05) is 32.7 Å². The number of hydrogen-bond acceptors (Lipinski definition) is 7. The minimum Gasteiger partial charge on any atom is -0.493 e. The van der Waals surface area contributed by atoms with Crippen LogP contribution in [0, 0.1) is 0 Å². The summed E-state index contributed by atoms with van der Waals surface area (Å²) in [6.07, 6.45) is 0. The first-order chi connectivity index (χ1) is 10.5. The summed E-state index contributed by atoms with van der Waals surface area (Å²) >= 11 is 0. The predicted molar refractivity (Wildman–Crippen MR) is 82.5 cm³/mol. The fourth-order valence-electron chi connectivity index (χ4n) is 2.21. The summed E-state index contributed by atoms with van der Waals surface area (Å²) in [4.78, 5) is 13.1. The molecular weight excluding hydrogens is 284 g/mol. The Morgan fingerprint density at radius 3 is 2.18 bits per heavy atom. The molecule has 0 amide bonds. The predicted octanol–water partition coefficient (Wildman–Crippen LogP) is -0.732. The lowest BCUT2D eigenvalue weighted by atomic mass is 10.2. The SMILES string of the molecule is COc1ccc(C[NH+](C)Cc2nc(N)nc(N)n2)cc1OC. The van der Waals surface area contributed by atoms with Crippen LogP contribution in [0.15, 0.2) is 18.2 Å². The molecule has 0 aliphatic carbocycles. The molecule has 0 bridgehead atoms. The molecule has 0 aliphatic rings. The Morgan fingerprint density at radius 1 is 0.955 bits per heavy atom. The van der Waals surface area contributed by atoms with Gasteiger partial charge in [-0.15, -0.1) is 0 Å². The molecule has 5 N–H and O–H groups in total. The van der Waals surface area contributed by atoms with Crippen LogP contribution in [-0.2, 0) is 13.1 Å². The van der Waals surface area contributed by atoms with Crippen molar-refractivity contribution in [3.05, 3.63) is 29.6 Å². The van der Waals surface area contributed by atoms with Gasteiger partial charge in [0.2, 0.25) is 11.9 Å². The van der Waals surface area contributed by atoms with Crippen molar-refractivity contribution >= 4 is 11.9 Å². The molecule has 118 valence electrons. The minimum absolute atomic E-state index is 0.140. The lowest BCUT2D eigenvalue weighted by molar-refractivity contribution is -0.908. The van der Waals surface area contributed by atoms with E-state index in [9.17, 15) is 0 Å². The zero-order chi connectivity index (χ0) is 16.1. The highest BCUT2D eigenvalue weighted by Crippen LogP contribution is 2.27. The van der Waals surface area contributed by atoms with Gasteiger partial charge in [-0.25, -0.2) is 0 Å². The van der Waals surface area contributed by atoms with Crippen LogP contribution in [0.5, 0.6) is 11.5 Å². The van der Waals surface area contributed by atoms with Crippen molar-refractivity contribution in [1.82, 2.24) is 15.0 Å². The molecule has 2 rings (SSSR count). The van der Waals surface area contributed by atoms with Crippen molar-refractivity contribution in [3.8, 4) is 11.5 Å². The Balaban J connectivity index is 2.06. The van der Waals surface area contributed by atoms with E-state index < -0.39 is 0 Å². The molecule has 1 aromatic heterocycles. The maximum Gasteiger partial charge on any atom is 0.225 e. The average Bonchev–Trinajstić information content (AvgIpc) is 2.45. The molecule has 1 heterocycles. The van der Waals surface area contributed by atoms with E-state index in [1.54, 1.807) is 14.2 Å². The van der Waals surface area contributed by atoms with Crippen LogP contribution in [-0.4, -0.2) is 36.2 Å². The molecule has 1 unspecified atom stereocenters. The summed E-state index contributed by atoms with van der Waals surface area (Å²) in [6, 6.07) is 5.85. The van der Waals surface area contributed by atoms with Gasteiger partial charge in [0.25, 0.3) is 0 Å². The van der Waals surface area contributed by atoms with Crippen molar-refractivity contribution in [1.29, 1.82) is 0 Å². The molecule has 0 spiro atoms. The fraction of sp³-hybridized carbons (Fsp3) is 0.357. The highest BCUT2D eigenvalue weighted by Gasteiger charge is 2.12. The van der Waals surface area contributed by atoms with E-state index in [4.69, 9.17) is 20.9 Å². The van der Waals surface area contributed by atoms with Gasteiger partial charge in [-0.05, 0) is 18.2 Å². The Bertz CT molecular complexity index is 629. The number of hydrogen-bond donors (Lipinski definition) is 3. The number of nitrogens with zero attached hydrogens (tertiary/aromatic N) is 3. The second kappa shape index (κ2) is 6.90. The maximum atomic E-state index is 5.58. The van der Waals surface area contributed by atoms with Gasteiger partial charge in [-0.1, -0.05) is 0 Å². The van der Waals surface area contributed by atoms with Gasteiger partial charge < -0.3 is 25.8 Å². The molecule has 0 saturated carbocycles. The first-order valence-corrected chi connectivity index (χ1v) is 6.80. The third kappa shape index (κ3) is 3.95. The van der Waals surface area contributed by atoms with Crippen LogP contribution in [0.25, 0.3) is 0 Å². The van der Waals surface area contributed by atoms with E-state index in [-0.39, 0.29) is 11.9 Å². The fourth-order valence-corrected chi connectivity index (χ4v) is 2.21.